The van der Waals surface area contributed by atoms with E-state index < -0.39 is 5.97 Å². The average Bonchev–Trinajstić information content (AvgIpc) is 2.39. The number of carbonyl (C=O) groups is 1. The first kappa shape index (κ1) is 16.7. The summed E-state index contributed by atoms with van der Waals surface area (Å²) in [5.74, 6) is 0.796. The van der Waals surface area contributed by atoms with Crippen molar-refractivity contribution in [3.63, 3.8) is 0 Å². The highest BCUT2D eigenvalue weighted by atomic mass is 32.2. The second kappa shape index (κ2) is 8.71. The Morgan fingerprint density at radius 1 is 1.35 bits per heavy atom. The van der Waals surface area contributed by atoms with Crippen LogP contribution >= 0.6 is 11.8 Å². The summed E-state index contributed by atoms with van der Waals surface area (Å²) >= 11 is 1.66. The smallest absolute Gasteiger partial charge is 0.335 e. The molecule has 0 heterocycles. The molecule has 1 atom stereocenters. The monoisotopic (exact) mass is 300 g/mol. The lowest BCUT2D eigenvalue weighted by molar-refractivity contribution is 0.0693. The molecule has 0 aliphatic carbocycles. The quantitative estimate of drug-likeness (QED) is 0.707. The van der Waals surface area contributed by atoms with E-state index in [9.17, 15) is 4.79 Å². The Morgan fingerprint density at radius 3 is 2.65 bits per heavy atom. The van der Waals surface area contributed by atoms with Gasteiger partial charge in [0.15, 0.2) is 0 Å². The van der Waals surface area contributed by atoms with Crippen LogP contribution in [0.2, 0.25) is 0 Å². The van der Waals surface area contributed by atoms with Crippen LogP contribution in [0.25, 0.3) is 0 Å². The minimum Gasteiger partial charge on any atom is -0.493 e. The number of ether oxygens (including phenoxy) is 3. The van der Waals surface area contributed by atoms with Gasteiger partial charge in [-0.3, -0.25) is 0 Å². The molecular weight excluding hydrogens is 280 g/mol. The number of benzene rings is 1. The molecule has 0 saturated heterocycles. The first-order chi connectivity index (χ1) is 9.56. The van der Waals surface area contributed by atoms with Crippen LogP contribution in [0.15, 0.2) is 18.2 Å². The number of rotatable bonds is 9. The van der Waals surface area contributed by atoms with Crippen molar-refractivity contribution in [2.45, 2.75) is 13.0 Å². The molecule has 20 heavy (non-hydrogen) atoms. The summed E-state index contributed by atoms with van der Waals surface area (Å²) in [6, 6.07) is 4.67. The Labute approximate surface area is 123 Å². The van der Waals surface area contributed by atoms with E-state index in [-0.39, 0.29) is 11.7 Å². The van der Waals surface area contributed by atoms with Crippen molar-refractivity contribution >= 4 is 17.7 Å². The molecule has 0 amide bonds. The lowest BCUT2D eigenvalue weighted by Gasteiger charge is -2.15. The highest BCUT2D eigenvalue weighted by molar-refractivity contribution is 7.98. The van der Waals surface area contributed by atoms with Gasteiger partial charge in [-0.05, 0) is 25.3 Å². The Hall–Kier alpha value is -1.40. The van der Waals surface area contributed by atoms with Crippen molar-refractivity contribution in [2.75, 3.05) is 32.3 Å². The minimum absolute atomic E-state index is 0.145. The molecule has 1 rings (SSSR count). The summed E-state index contributed by atoms with van der Waals surface area (Å²) in [5.41, 5.74) is 0.145. The zero-order chi connectivity index (χ0) is 15.0. The molecule has 0 unspecified atom stereocenters. The molecule has 0 spiro atoms. The molecule has 0 saturated carbocycles. The maximum absolute atomic E-state index is 11.1. The third-order valence-electron chi connectivity index (χ3n) is 2.42. The predicted octanol–water partition coefficient (Wildman–Crippen LogP) is 2.54. The van der Waals surface area contributed by atoms with Crippen LogP contribution in [-0.4, -0.2) is 49.5 Å². The van der Waals surface area contributed by atoms with E-state index in [1.165, 1.54) is 12.1 Å². The molecule has 0 aromatic heterocycles. The summed E-state index contributed by atoms with van der Waals surface area (Å²) in [6.45, 7) is 2.81. The van der Waals surface area contributed by atoms with Gasteiger partial charge < -0.3 is 19.3 Å². The predicted molar refractivity (Wildman–Crippen MR) is 79.2 cm³/mol. The van der Waals surface area contributed by atoms with E-state index in [4.69, 9.17) is 19.3 Å². The molecule has 6 heteroatoms. The summed E-state index contributed by atoms with van der Waals surface area (Å²) in [7, 11) is 1.59. The van der Waals surface area contributed by atoms with Gasteiger partial charge in [-0.25, -0.2) is 4.79 Å². The van der Waals surface area contributed by atoms with Crippen molar-refractivity contribution < 1.29 is 24.1 Å². The Balaban J connectivity index is 2.83. The molecule has 5 nitrogen and oxygen atoms in total. The second-order valence-corrected chi connectivity index (χ2v) is 5.21. The van der Waals surface area contributed by atoms with Crippen LogP contribution in [0.3, 0.4) is 0 Å². The number of carboxylic acid groups (broad SMARTS) is 1. The van der Waals surface area contributed by atoms with Gasteiger partial charge in [0.2, 0.25) is 0 Å². The number of carboxylic acids is 1. The zero-order valence-electron chi connectivity index (χ0n) is 11.9. The second-order valence-electron chi connectivity index (χ2n) is 4.22. The number of methoxy groups -OCH3 is 1. The van der Waals surface area contributed by atoms with Gasteiger partial charge in [-0.1, -0.05) is 0 Å². The standard InChI is InChI=1S/C14H20O5S/c1-10(9-17-2)19-13-7-11(14(15)16)6-12(8-13)18-4-5-20-3/h6-8,10H,4-5,9H2,1-3H3,(H,15,16)/t10-/m0/s1. The van der Waals surface area contributed by atoms with Crippen LogP contribution in [0.1, 0.15) is 17.3 Å². The Kier molecular flexibility index (Phi) is 7.25. The number of hydrogen-bond donors (Lipinski definition) is 1. The van der Waals surface area contributed by atoms with Crippen LogP contribution in [-0.2, 0) is 4.74 Å². The molecule has 0 radical (unpaired) electrons. The van der Waals surface area contributed by atoms with Gasteiger partial charge in [0, 0.05) is 18.9 Å². The topological polar surface area (TPSA) is 65.0 Å². The SMILES string of the molecule is COC[C@H](C)Oc1cc(OCCSC)cc(C(=O)O)c1. The number of aromatic carboxylic acids is 1. The van der Waals surface area contributed by atoms with Crippen LogP contribution < -0.4 is 9.47 Å². The van der Waals surface area contributed by atoms with Gasteiger partial charge in [-0.2, -0.15) is 11.8 Å². The van der Waals surface area contributed by atoms with E-state index in [1.54, 1.807) is 24.9 Å². The maximum atomic E-state index is 11.1. The average molecular weight is 300 g/mol. The molecule has 0 bridgehead atoms. The maximum Gasteiger partial charge on any atom is 0.335 e. The van der Waals surface area contributed by atoms with Crippen LogP contribution in [0, 0.1) is 0 Å². The van der Waals surface area contributed by atoms with Crippen molar-refractivity contribution in [2.24, 2.45) is 0 Å². The van der Waals surface area contributed by atoms with Crippen molar-refractivity contribution in [3.05, 3.63) is 23.8 Å². The summed E-state index contributed by atoms with van der Waals surface area (Å²) in [4.78, 5) is 11.1. The van der Waals surface area contributed by atoms with Crippen molar-refractivity contribution in [1.29, 1.82) is 0 Å². The summed E-state index contributed by atoms with van der Waals surface area (Å²) in [5, 5.41) is 9.10. The number of hydrogen-bond acceptors (Lipinski definition) is 5. The first-order valence-corrected chi connectivity index (χ1v) is 7.62. The van der Waals surface area contributed by atoms with E-state index in [0.29, 0.717) is 24.7 Å². The van der Waals surface area contributed by atoms with E-state index in [2.05, 4.69) is 0 Å². The Bertz CT molecular complexity index is 436. The first-order valence-electron chi connectivity index (χ1n) is 6.22. The fourth-order valence-electron chi connectivity index (χ4n) is 1.59. The van der Waals surface area contributed by atoms with Gasteiger partial charge in [0.25, 0.3) is 0 Å². The molecule has 0 fully saturated rings. The molecule has 1 N–H and O–H groups in total. The minimum atomic E-state index is -1.01. The highest BCUT2D eigenvalue weighted by Gasteiger charge is 2.11. The van der Waals surface area contributed by atoms with Gasteiger partial charge in [0.1, 0.15) is 17.6 Å². The lowest BCUT2D eigenvalue weighted by Crippen LogP contribution is -2.18. The third kappa shape index (κ3) is 5.71. The van der Waals surface area contributed by atoms with E-state index in [0.717, 1.165) is 5.75 Å². The van der Waals surface area contributed by atoms with Gasteiger partial charge in [0.05, 0.1) is 18.8 Å². The van der Waals surface area contributed by atoms with E-state index >= 15 is 0 Å². The molecular formula is C14H20O5S. The van der Waals surface area contributed by atoms with Gasteiger partial charge >= 0.3 is 5.97 Å². The highest BCUT2D eigenvalue weighted by Crippen LogP contribution is 2.24. The van der Waals surface area contributed by atoms with Crippen molar-refractivity contribution in [3.8, 4) is 11.5 Å². The normalized spacial score (nSPS) is 11.9. The fourth-order valence-corrected chi connectivity index (χ4v) is 1.84. The van der Waals surface area contributed by atoms with Gasteiger partial charge in [-0.15, -0.1) is 0 Å². The molecule has 0 aliphatic heterocycles. The largest absolute Gasteiger partial charge is 0.493 e. The molecule has 0 aliphatic rings. The fraction of sp³-hybridized carbons (Fsp3) is 0.500. The van der Waals surface area contributed by atoms with Crippen molar-refractivity contribution in [1.82, 2.24) is 0 Å². The van der Waals surface area contributed by atoms with E-state index in [1.807, 2.05) is 13.2 Å². The van der Waals surface area contributed by atoms with Crippen LogP contribution in [0.5, 0.6) is 11.5 Å². The number of thioether (sulfide) groups is 1. The summed E-state index contributed by atoms with van der Waals surface area (Å²) in [6.07, 6.45) is 1.82. The molecule has 1 aromatic carbocycles. The lowest BCUT2D eigenvalue weighted by atomic mass is 10.2. The summed E-state index contributed by atoms with van der Waals surface area (Å²) < 4.78 is 16.1. The third-order valence-corrected chi connectivity index (χ3v) is 3.00. The molecule has 112 valence electrons. The van der Waals surface area contributed by atoms with Crippen LogP contribution in [0.4, 0.5) is 0 Å². The zero-order valence-corrected chi connectivity index (χ0v) is 12.7. The Morgan fingerprint density at radius 2 is 2.05 bits per heavy atom. The molecule has 1 aromatic rings.